The summed E-state index contributed by atoms with van der Waals surface area (Å²) in [6, 6.07) is 1.94. The summed E-state index contributed by atoms with van der Waals surface area (Å²) in [6.07, 6.45) is 1.49. The maximum absolute atomic E-state index is 4.42. The number of rotatable bonds is 5. The van der Waals surface area contributed by atoms with E-state index in [-0.39, 0.29) is 0 Å². The predicted molar refractivity (Wildman–Crippen MR) is 66.9 cm³/mol. The van der Waals surface area contributed by atoms with E-state index in [0.29, 0.717) is 5.75 Å². The van der Waals surface area contributed by atoms with E-state index in [1.807, 2.05) is 19.9 Å². The molecular formula is C10H14N6S. The van der Waals surface area contributed by atoms with Gasteiger partial charge in [0.15, 0.2) is 5.16 Å². The van der Waals surface area contributed by atoms with E-state index >= 15 is 0 Å². The zero-order chi connectivity index (χ0) is 12.1. The molecule has 0 aliphatic carbocycles. The summed E-state index contributed by atoms with van der Waals surface area (Å²) in [6.45, 7) is 4.86. The van der Waals surface area contributed by atoms with Gasteiger partial charge in [-0.05, 0) is 13.8 Å². The van der Waals surface area contributed by atoms with Gasteiger partial charge in [-0.15, -0.1) is 0 Å². The van der Waals surface area contributed by atoms with Crippen molar-refractivity contribution in [1.29, 1.82) is 0 Å². The fourth-order valence-electron chi connectivity index (χ4n) is 1.36. The molecule has 2 N–H and O–H groups in total. The molecule has 0 unspecified atom stereocenters. The molecule has 0 radical (unpaired) electrons. The van der Waals surface area contributed by atoms with Crippen LogP contribution in [-0.2, 0) is 5.75 Å². The number of aryl methyl sites for hydroxylation is 1. The number of hydrogen-bond donors (Lipinski definition) is 2. The zero-order valence-electron chi connectivity index (χ0n) is 9.77. The Balaban J connectivity index is 2.04. The highest BCUT2D eigenvalue weighted by Gasteiger charge is 2.04. The number of aromatic nitrogens is 5. The first-order valence-corrected chi connectivity index (χ1v) is 6.33. The Hall–Kier alpha value is -1.63. The normalized spacial score (nSPS) is 10.5. The highest BCUT2D eigenvalue weighted by molar-refractivity contribution is 7.98. The predicted octanol–water partition coefficient (Wildman–Crippen LogP) is 1.63. The minimum absolute atomic E-state index is 0.676. The Morgan fingerprint density at radius 1 is 1.41 bits per heavy atom. The first-order chi connectivity index (χ1) is 8.28. The smallest absolute Gasteiger partial charge is 0.183 e. The Morgan fingerprint density at radius 2 is 2.29 bits per heavy atom. The van der Waals surface area contributed by atoms with Gasteiger partial charge in [-0.3, -0.25) is 5.10 Å². The van der Waals surface area contributed by atoms with Crippen LogP contribution in [0.4, 0.5) is 5.82 Å². The first-order valence-electron chi connectivity index (χ1n) is 5.34. The number of anilines is 1. The van der Waals surface area contributed by atoms with Crippen LogP contribution in [0, 0.1) is 6.92 Å². The highest BCUT2D eigenvalue weighted by Crippen LogP contribution is 2.17. The molecule has 0 bridgehead atoms. The maximum Gasteiger partial charge on any atom is 0.183 e. The Bertz CT molecular complexity index is 470. The van der Waals surface area contributed by atoms with Crippen LogP contribution in [0.25, 0.3) is 0 Å². The third-order valence-electron chi connectivity index (χ3n) is 1.99. The minimum atomic E-state index is 0.676. The van der Waals surface area contributed by atoms with Crippen molar-refractivity contribution in [3.63, 3.8) is 0 Å². The molecule has 2 rings (SSSR count). The molecule has 2 aromatic rings. The van der Waals surface area contributed by atoms with Crippen molar-refractivity contribution in [2.45, 2.75) is 24.8 Å². The molecule has 0 amide bonds. The van der Waals surface area contributed by atoms with E-state index in [1.54, 1.807) is 0 Å². The van der Waals surface area contributed by atoms with Gasteiger partial charge < -0.3 is 5.32 Å². The molecule has 2 aromatic heterocycles. The molecule has 0 atom stereocenters. The standard InChI is InChI=1S/C10H14N6S/c1-3-11-8-4-7(2)14-9(15-8)5-17-10-12-6-13-16-10/h4,6H,3,5H2,1-2H3,(H,11,14,15)(H,12,13,16). The summed E-state index contributed by atoms with van der Waals surface area (Å²) in [4.78, 5) is 12.8. The van der Waals surface area contributed by atoms with Crippen molar-refractivity contribution < 1.29 is 0 Å². The molecule has 0 aliphatic heterocycles. The van der Waals surface area contributed by atoms with Crippen LogP contribution >= 0.6 is 11.8 Å². The number of nitrogens with zero attached hydrogens (tertiary/aromatic N) is 4. The van der Waals surface area contributed by atoms with E-state index in [2.05, 4.69) is 30.5 Å². The van der Waals surface area contributed by atoms with E-state index < -0.39 is 0 Å². The van der Waals surface area contributed by atoms with Crippen molar-refractivity contribution in [1.82, 2.24) is 25.1 Å². The lowest BCUT2D eigenvalue weighted by Crippen LogP contribution is -2.04. The summed E-state index contributed by atoms with van der Waals surface area (Å²) in [5.74, 6) is 2.34. The van der Waals surface area contributed by atoms with Crippen molar-refractivity contribution in [3.8, 4) is 0 Å². The second-order valence-electron chi connectivity index (χ2n) is 3.42. The molecule has 0 saturated carbocycles. The van der Waals surface area contributed by atoms with E-state index in [0.717, 1.165) is 29.0 Å². The van der Waals surface area contributed by atoms with Gasteiger partial charge in [-0.1, -0.05) is 11.8 Å². The Labute approximate surface area is 104 Å². The molecule has 7 heteroatoms. The SMILES string of the molecule is CCNc1cc(C)nc(CSc2ncn[nH]2)n1. The molecular weight excluding hydrogens is 236 g/mol. The number of H-pyrrole nitrogens is 1. The molecule has 90 valence electrons. The topological polar surface area (TPSA) is 79.4 Å². The fraction of sp³-hybridized carbons (Fsp3) is 0.400. The second-order valence-corrected chi connectivity index (χ2v) is 4.38. The van der Waals surface area contributed by atoms with Gasteiger partial charge in [-0.2, -0.15) is 5.10 Å². The molecule has 0 spiro atoms. The molecule has 6 nitrogen and oxygen atoms in total. The lowest BCUT2D eigenvalue weighted by atomic mass is 10.4. The molecule has 0 fully saturated rings. The number of aromatic amines is 1. The molecule has 0 saturated heterocycles. The van der Waals surface area contributed by atoms with Crippen molar-refractivity contribution in [2.75, 3.05) is 11.9 Å². The summed E-state index contributed by atoms with van der Waals surface area (Å²) in [7, 11) is 0. The fourth-order valence-corrected chi connectivity index (χ4v) is 2.00. The van der Waals surface area contributed by atoms with Gasteiger partial charge in [0.25, 0.3) is 0 Å². The molecule has 17 heavy (non-hydrogen) atoms. The summed E-state index contributed by atoms with van der Waals surface area (Å²) >= 11 is 1.53. The van der Waals surface area contributed by atoms with E-state index in [9.17, 15) is 0 Å². The van der Waals surface area contributed by atoms with Gasteiger partial charge in [-0.25, -0.2) is 15.0 Å². The van der Waals surface area contributed by atoms with Crippen molar-refractivity contribution in [2.24, 2.45) is 0 Å². The quantitative estimate of drug-likeness (QED) is 0.785. The number of nitrogens with one attached hydrogen (secondary N) is 2. The second kappa shape index (κ2) is 5.62. The molecule has 2 heterocycles. The van der Waals surface area contributed by atoms with Crippen LogP contribution in [0.3, 0.4) is 0 Å². The van der Waals surface area contributed by atoms with Crippen LogP contribution in [0.15, 0.2) is 17.6 Å². The average Bonchev–Trinajstić information content (AvgIpc) is 2.79. The largest absolute Gasteiger partial charge is 0.370 e. The summed E-state index contributed by atoms with van der Waals surface area (Å²) in [5, 5.41) is 10.5. The Kier molecular flexibility index (Phi) is 3.92. The van der Waals surface area contributed by atoms with Crippen LogP contribution in [0.5, 0.6) is 0 Å². The summed E-state index contributed by atoms with van der Waals surface area (Å²) in [5.41, 5.74) is 0.962. The van der Waals surface area contributed by atoms with Crippen LogP contribution in [0.2, 0.25) is 0 Å². The third-order valence-corrected chi connectivity index (χ3v) is 2.86. The first kappa shape index (κ1) is 11.8. The van der Waals surface area contributed by atoms with Gasteiger partial charge in [0.2, 0.25) is 0 Å². The molecule has 0 aliphatic rings. The van der Waals surface area contributed by atoms with Gasteiger partial charge >= 0.3 is 0 Å². The van der Waals surface area contributed by atoms with Crippen LogP contribution in [-0.4, -0.2) is 31.7 Å². The lowest BCUT2D eigenvalue weighted by Gasteiger charge is -2.05. The van der Waals surface area contributed by atoms with Crippen LogP contribution in [0.1, 0.15) is 18.4 Å². The lowest BCUT2D eigenvalue weighted by molar-refractivity contribution is 0.957. The summed E-state index contributed by atoms with van der Waals surface area (Å²) < 4.78 is 0. The highest BCUT2D eigenvalue weighted by atomic mass is 32.2. The van der Waals surface area contributed by atoms with Gasteiger partial charge in [0.05, 0.1) is 5.75 Å². The van der Waals surface area contributed by atoms with Crippen molar-refractivity contribution in [3.05, 3.63) is 23.9 Å². The number of hydrogen-bond acceptors (Lipinski definition) is 6. The van der Waals surface area contributed by atoms with Crippen molar-refractivity contribution >= 4 is 17.6 Å². The maximum atomic E-state index is 4.42. The third kappa shape index (κ3) is 3.42. The zero-order valence-corrected chi connectivity index (χ0v) is 10.6. The van der Waals surface area contributed by atoms with Crippen LogP contribution < -0.4 is 5.32 Å². The van der Waals surface area contributed by atoms with Gasteiger partial charge in [0, 0.05) is 18.3 Å². The van der Waals surface area contributed by atoms with E-state index in [4.69, 9.17) is 0 Å². The monoisotopic (exact) mass is 250 g/mol. The minimum Gasteiger partial charge on any atom is -0.370 e. The average molecular weight is 250 g/mol. The Morgan fingerprint density at radius 3 is 3.00 bits per heavy atom. The number of thioether (sulfide) groups is 1. The van der Waals surface area contributed by atoms with E-state index in [1.165, 1.54) is 18.1 Å². The van der Waals surface area contributed by atoms with Gasteiger partial charge in [0.1, 0.15) is 18.0 Å². The molecule has 0 aromatic carbocycles.